The molecule has 21 heavy (non-hydrogen) atoms. The number of hydrogen-bond acceptors (Lipinski definition) is 5. The summed E-state index contributed by atoms with van der Waals surface area (Å²) >= 11 is 6.11. The first-order chi connectivity index (χ1) is 10.2. The van der Waals surface area contributed by atoms with E-state index in [1.165, 1.54) is 0 Å². The second kappa shape index (κ2) is 4.82. The predicted molar refractivity (Wildman–Crippen MR) is 83.1 cm³/mol. The molecule has 3 aromatic rings. The average molecular weight is 303 g/mol. The number of aryl methyl sites for hydroxylation is 1. The summed E-state index contributed by atoms with van der Waals surface area (Å²) in [5.41, 5.74) is 1.71. The summed E-state index contributed by atoms with van der Waals surface area (Å²) in [6.45, 7) is 5.64. The van der Waals surface area contributed by atoms with Crippen molar-refractivity contribution in [1.29, 1.82) is 0 Å². The van der Waals surface area contributed by atoms with E-state index < -0.39 is 0 Å². The first-order valence-corrected chi connectivity index (χ1v) is 7.38. The third kappa shape index (κ3) is 2.11. The van der Waals surface area contributed by atoms with Gasteiger partial charge in [0.15, 0.2) is 5.65 Å². The van der Waals surface area contributed by atoms with Crippen molar-refractivity contribution in [3.05, 3.63) is 29.0 Å². The number of piperazine rings is 1. The molecule has 1 saturated heterocycles. The van der Waals surface area contributed by atoms with Gasteiger partial charge in [-0.15, -0.1) is 5.10 Å². The van der Waals surface area contributed by atoms with Gasteiger partial charge in [-0.05, 0) is 25.1 Å². The van der Waals surface area contributed by atoms with Gasteiger partial charge in [-0.1, -0.05) is 11.6 Å². The zero-order valence-corrected chi connectivity index (χ0v) is 12.4. The molecule has 0 atom stereocenters. The van der Waals surface area contributed by atoms with E-state index in [4.69, 9.17) is 16.6 Å². The van der Waals surface area contributed by atoms with Crippen molar-refractivity contribution >= 4 is 34.1 Å². The second-order valence-corrected chi connectivity index (χ2v) is 5.64. The molecule has 1 aliphatic rings. The van der Waals surface area contributed by atoms with Crippen LogP contribution in [0.2, 0.25) is 5.02 Å². The molecule has 0 saturated carbocycles. The van der Waals surface area contributed by atoms with Crippen molar-refractivity contribution in [3.63, 3.8) is 0 Å². The number of aromatic nitrogens is 4. The lowest BCUT2D eigenvalue weighted by Crippen LogP contribution is -2.44. The van der Waals surface area contributed by atoms with Crippen molar-refractivity contribution in [3.8, 4) is 0 Å². The largest absolute Gasteiger partial charge is 0.338 e. The fraction of sp³-hybridized carbons (Fsp3) is 0.357. The molecule has 6 nitrogen and oxygen atoms in total. The van der Waals surface area contributed by atoms with Gasteiger partial charge < -0.3 is 10.2 Å². The molecule has 3 heterocycles. The standard InChI is InChI=1S/C14H15ClN6/c1-9-17-13-11-8-10(15)2-3-12(11)18-14(21(13)19-9)20-6-4-16-5-7-20/h2-3,8,16H,4-7H2,1H3. The van der Waals surface area contributed by atoms with Crippen LogP contribution >= 0.6 is 11.6 Å². The van der Waals surface area contributed by atoms with Gasteiger partial charge in [0.05, 0.1) is 5.52 Å². The van der Waals surface area contributed by atoms with Gasteiger partial charge in [-0.3, -0.25) is 0 Å². The summed E-state index contributed by atoms with van der Waals surface area (Å²) < 4.78 is 1.83. The van der Waals surface area contributed by atoms with Gasteiger partial charge in [-0.25, -0.2) is 9.97 Å². The number of rotatable bonds is 1. The van der Waals surface area contributed by atoms with Crippen LogP contribution in [0.4, 0.5) is 5.95 Å². The molecule has 0 amide bonds. The van der Waals surface area contributed by atoms with Crippen LogP contribution < -0.4 is 10.2 Å². The maximum atomic E-state index is 6.11. The molecule has 1 aromatic carbocycles. The van der Waals surface area contributed by atoms with Gasteiger partial charge in [-0.2, -0.15) is 4.52 Å². The maximum absolute atomic E-state index is 6.11. The first kappa shape index (κ1) is 12.8. The van der Waals surface area contributed by atoms with Crippen LogP contribution in [0.15, 0.2) is 18.2 Å². The maximum Gasteiger partial charge on any atom is 0.229 e. The van der Waals surface area contributed by atoms with E-state index in [9.17, 15) is 0 Å². The SMILES string of the molecule is Cc1nc2c3cc(Cl)ccc3nc(N3CCNCC3)n2n1. The van der Waals surface area contributed by atoms with E-state index >= 15 is 0 Å². The Hall–Kier alpha value is -1.92. The van der Waals surface area contributed by atoms with Crippen molar-refractivity contribution in [2.75, 3.05) is 31.1 Å². The van der Waals surface area contributed by atoms with Crippen LogP contribution in [0.25, 0.3) is 16.6 Å². The quantitative estimate of drug-likeness (QED) is 0.741. The van der Waals surface area contributed by atoms with Crippen molar-refractivity contribution < 1.29 is 0 Å². The highest BCUT2D eigenvalue weighted by molar-refractivity contribution is 6.31. The Labute approximate surface area is 126 Å². The summed E-state index contributed by atoms with van der Waals surface area (Å²) in [6.07, 6.45) is 0. The number of anilines is 1. The van der Waals surface area contributed by atoms with Gasteiger partial charge in [0.1, 0.15) is 5.82 Å². The molecule has 1 fully saturated rings. The molecule has 0 aliphatic carbocycles. The summed E-state index contributed by atoms with van der Waals surface area (Å²) in [4.78, 5) is 11.6. The molecule has 0 spiro atoms. The molecule has 108 valence electrons. The van der Waals surface area contributed by atoms with Crippen molar-refractivity contribution in [1.82, 2.24) is 24.9 Å². The van der Waals surface area contributed by atoms with Crippen LogP contribution in [0.5, 0.6) is 0 Å². The topological polar surface area (TPSA) is 58.4 Å². The lowest BCUT2D eigenvalue weighted by molar-refractivity contribution is 0.575. The highest BCUT2D eigenvalue weighted by atomic mass is 35.5. The summed E-state index contributed by atoms with van der Waals surface area (Å²) in [7, 11) is 0. The Morgan fingerprint density at radius 2 is 2.00 bits per heavy atom. The number of fused-ring (bicyclic) bond motifs is 3. The Kier molecular flexibility index (Phi) is 2.94. The average Bonchev–Trinajstić information content (AvgIpc) is 2.89. The second-order valence-electron chi connectivity index (χ2n) is 5.20. The third-order valence-corrected chi connectivity index (χ3v) is 3.96. The molecule has 1 N–H and O–H groups in total. The Bertz CT molecular complexity index is 821. The zero-order valence-electron chi connectivity index (χ0n) is 11.7. The van der Waals surface area contributed by atoms with E-state index in [1.54, 1.807) is 0 Å². The van der Waals surface area contributed by atoms with Crippen LogP contribution in [-0.2, 0) is 0 Å². The molecule has 0 unspecified atom stereocenters. The minimum Gasteiger partial charge on any atom is -0.338 e. The molecule has 4 rings (SSSR count). The summed E-state index contributed by atoms with van der Waals surface area (Å²) in [5.74, 6) is 1.59. The fourth-order valence-corrected chi connectivity index (χ4v) is 2.91. The van der Waals surface area contributed by atoms with E-state index in [-0.39, 0.29) is 0 Å². The number of halogens is 1. The van der Waals surface area contributed by atoms with E-state index in [0.29, 0.717) is 5.02 Å². The third-order valence-electron chi connectivity index (χ3n) is 3.72. The van der Waals surface area contributed by atoms with Crippen molar-refractivity contribution in [2.24, 2.45) is 0 Å². The number of hydrogen-bond donors (Lipinski definition) is 1. The first-order valence-electron chi connectivity index (χ1n) is 7.01. The molecular weight excluding hydrogens is 288 g/mol. The molecule has 7 heteroatoms. The Balaban J connectivity index is 2.02. The highest BCUT2D eigenvalue weighted by Gasteiger charge is 2.19. The minimum atomic E-state index is 0.682. The van der Waals surface area contributed by atoms with Crippen molar-refractivity contribution in [2.45, 2.75) is 6.92 Å². The molecule has 1 aliphatic heterocycles. The van der Waals surface area contributed by atoms with Gasteiger partial charge >= 0.3 is 0 Å². The number of benzene rings is 1. The summed E-state index contributed by atoms with van der Waals surface area (Å²) in [6, 6.07) is 5.69. The zero-order chi connectivity index (χ0) is 14.4. The molecule has 0 radical (unpaired) electrons. The van der Waals surface area contributed by atoms with Crippen LogP contribution in [-0.4, -0.2) is 45.8 Å². The van der Waals surface area contributed by atoms with Crippen LogP contribution in [0.3, 0.4) is 0 Å². The number of nitrogens with one attached hydrogen (secondary N) is 1. The highest BCUT2D eigenvalue weighted by Crippen LogP contribution is 2.25. The minimum absolute atomic E-state index is 0.682. The molecular formula is C14H15ClN6. The lowest BCUT2D eigenvalue weighted by atomic mass is 10.2. The normalized spacial score (nSPS) is 16.0. The molecule has 0 bridgehead atoms. The van der Waals surface area contributed by atoms with Gasteiger partial charge in [0.25, 0.3) is 0 Å². The van der Waals surface area contributed by atoms with E-state index in [2.05, 4.69) is 20.3 Å². The fourth-order valence-electron chi connectivity index (χ4n) is 2.74. The van der Waals surface area contributed by atoms with Crippen LogP contribution in [0.1, 0.15) is 5.82 Å². The van der Waals surface area contributed by atoms with E-state index in [1.807, 2.05) is 29.6 Å². The van der Waals surface area contributed by atoms with E-state index in [0.717, 1.165) is 54.5 Å². The van der Waals surface area contributed by atoms with Gasteiger partial charge in [0.2, 0.25) is 5.95 Å². The smallest absolute Gasteiger partial charge is 0.229 e. The lowest BCUT2D eigenvalue weighted by Gasteiger charge is -2.28. The Morgan fingerprint density at radius 3 is 2.81 bits per heavy atom. The Morgan fingerprint density at radius 1 is 1.19 bits per heavy atom. The number of nitrogens with zero attached hydrogens (tertiary/aromatic N) is 5. The predicted octanol–water partition coefficient (Wildman–Crippen LogP) is 1.65. The molecule has 2 aromatic heterocycles. The summed E-state index contributed by atoms with van der Waals surface area (Å²) in [5, 5.41) is 9.47. The monoisotopic (exact) mass is 302 g/mol. The van der Waals surface area contributed by atoms with Crippen LogP contribution in [0, 0.1) is 6.92 Å². The van der Waals surface area contributed by atoms with Gasteiger partial charge in [0, 0.05) is 36.6 Å².